The van der Waals surface area contributed by atoms with Crippen LogP contribution in [0.15, 0.2) is 0 Å². The minimum absolute atomic E-state index is 0.189. The van der Waals surface area contributed by atoms with Crippen molar-refractivity contribution < 1.29 is 5.11 Å². The van der Waals surface area contributed by atoms with Crippen LogP contribution < -0.4 is 5.73 Å². The number of hydrogen-bond donors (Lipinski definition) is 2. The number of hydrogen-bond acceptors (Lipinski definition) is 2. The summed E-state index contributed by atoms with van der Waals surface area (Å²) in [6.07, 6.45) is 0. The largest absolute Gasteiger partial charge is 0.388 e. The Labute approximate surface area is 69.8 Å². The molecule has 68 valence electrons. The Morgan fingerprint density at radius 3 is 1.18 bits per heavy atom. The van der Waals surface area contributed by atoms with Gasteiger partial charge in [-0.25, -0.2) is 0 Å². The maximum absolute atomic E-state index is 10.1. The van der Waals surface area contributed by atoms with Crippen molar-refractivity contribution in [1.82, 2.24) is 0 Å². The minimum Gasteiger partial charge on any atom is -0.388 e. The van der Waals surface area contributed by atoms with E-state index in [4.69, 9.17) is 5.73 Å². The highest BCUT2D eigenvalue weighted by Gasteiger charge is 2.45. The van der Waals surface area contributed by atoms with Crippen LogP contribution in [-0.2, 0) is 0 Å². The standard InChI is InChI=1S/C9H21NO/c1-7(2,3)9(6,11)8(4,5)10/h11H,10H2,1-6H3. The number of rotatable bonds is 1. The first-order valence-electron chi connectivity index (χ1n) is 4.01. The Kier molecular flexibility index (Phi) is 2.44. The molecule has 2 heteroatoms. The van der Waals surface area contributed by atoms with E-state index in [0.29, 0.717) is 0 Å². The van der Waals surface area contributed by atoms with Crippen LogP contribution in [0.25, 0.3) is 0 Å². The SMILES string of the molecule is CC(C)(C)C(C)(O)C(C)(C)N. The molecule has 0 aliphatic rings. The number of nitrogens with two attached hydrogens (primary N) is 1. The van der Waals surface area contributed by atoms with Crippen molar-refractivity contribution in [1.29, 1.82) is 0 Å². The Morgan fingerprint density at radius 1 is 0.909 bits per heavy atom. The van der Waals surface area contributed by atoms with Gasteiger partial charge in [-0.3, -0.25) is 0 Å². The van der Waals surface area contributed by atoms with Gasteiger partial charge in [-0.05, 0) is 26.2 Å². The van der Waals surface area contributed by atoms with E-state index >= 15 is 0 Å². The van der Waals surface area contributed by atoms with Crippen molar-refractivity contribution in [3.05, 3.63) is 0 Å². The van der Waals surface area contributed by atoms with E-state index in [1.54, 1.807) is 6.92 Å². The molecule has 0 aromatic rings. The van der Waals surface area contributed by atoms with E-state index in [-0.39, 0.29) is 5.41 Å². The molecule has 0 amide bonds. The summed E-state index contributed by atoms with van der Waals surface area (Å²) in [7, 11) is 0. The molecule has 0 radical (unpaired) electrons. The third-order valence-corrected chi connectivity index (χ3v) is 2.72. The molecule has 0 spiro atoms. The quantitative estimate of drug-likeness (QED) is 0.609. The van der Waals surface area contributed by atoms with Gasteiger partial charge < -0.3 is 10.8 Å². The van der Waals surface area contributed by atoms with Crippen molar-refractivity contribution in [2.75, 3.05) is 0 Å². The van der Waals surface area contributed by atoms with E-state index in [9.17, 15) is 5.11 Å². The smallest absolute Gasteiger partial charge is 0.0840 e. The van der Waals surface area contributed by atoms with Gasteiger partial charge in [0.2, 0.25) is 0 Å². The summed E-state index contributed by atoms with van der Waals surface area (Å²) in [4.78, 5) is 0. The molecule has 0 aliphatic carbocycles. The molecule has 2 nitrogen and oxygen atoms in total. The zero-order valence-electron chi connectivity index (χ0n) is 8.52. The fourth-order valence-corrected chi connectivity index (χ4v) is 0.967. The van der Waals surface area contributed by atoms with Crippen LogP contribution in [0, 0.1) is 5.41 Å². The normalized spacial score (nSPS) is 19.6. The van der Waals surface area contributed by atoms with Crippen LogP contribution in [0.4, 0.5) is 0 Å². The van der Waals surface area contributed by atoms with Crippen LogP contribution in [0.2, 0.25) is 0 Å². The molecule has 0 aromatic heterocycles. The molecule has 1 unspecified atom stereocenters. The van der Waals surface area contributed by atoms with E-state index in [1.807, 2.05) is 34.6 Å². The summed E-state index contributed by atoms with van der Waals surface area (Å²) in [6, 6.07) is 0. The Balaban J connectivity index is 4.75. The third kappa shape index (κ3) is 1.94. The highest BCUT2D eigenvalue weighted by molar-refractivity contribution is 5.01. The van der Waals surface area contributed by atoms with Gasteiger partial charge in [-0.2, -0.15) is 0 Å². The van der Waals surface area contributed by atoms with Gasteiger partial charge in [0.25, 0.3) is 0 Å². The van der Waals surface area contributed by atoms with Gasteiger partial charge in [0, 0.05) is 5.54 Å². The summed E-state index contributed by atoms with van der Waals surface area (Å²) in [5, 5.41) is 10.1. The zero-order valence-corrected chi connectivity index (χ0v) is 8.52. The molecule has 0 rings (SSSR count). The second-order valence-corrected chi connectivity index (χ2v) is 5.04. The second kappa shape index (κ2) is 2.46. The highest BCUT2D eigenvalue weighted by Crippen LogP contribution is 2.36. The summed E-state index contributed by atoms with van der Waals surface area (Å²) >= 11 is 0. The monoisotopic (exact) mass is 159 g/mol. The molecule has 0 heterocycles. The first-order valence-corrected chi connectivity index (χ1v) is 4.01. The van der Waals surface area contributed by atoms with Crippen LogP contribution in [0.5, 0.6) is 0 Å². The van der Waals surface area contributed by atoms with Gasteiger partial charge in [0.05, 0.1) is 5.60 Å². The second-order valence-electron chi connectivity index (χ2n) is 5.04. The summed E-state index contributed by atoms with van der Waals surface area (Å²) in [5.41, 5.74) is 4.25. The molecule has 0 aliphatic heterocycles. The molecule has 0 fully saturated rings. The van der Waals surface area contributed by atoms with Gasteiger partial charge in [0.15, 0.2) is 0 Å². The lowest BCUT2D eigenvalue weighted by Gasteiger charge is -2.46. The van der Waals surface area contributed by atoms with Crippen LogP contribution in [0.1, 0.15) is 41.5 Å². The highest BCUT2D eigenvalue weighted by atomic mass is 16.3. The fraction of sp³-hybridized carbons (Fsp3) is 1.00. The van der Waals surface area contributed by atoms with Crippen molar-refractivity contribution in [3.8, 4) is 0 Å². The summed E-state index contributed by atoms with van der Waals surface area (Å²) < 4.78 is 0. The molecule has 11 heavy (non-hydrogen) atoms. The molecular formula is C9H21NO. The molecule has 0 saturated carbocycles. The maximum Gasteiger partial charge on any atom is 0.0840 e. The topological polar surface area (TPSA) is 46.2 Å². The van der Waals surface area contributed by atoms with E-state index in [1.165, 1.54) is 0 Å². The minimum atomic E-state index is -0.847. The Hall–Kier alpha value is -0.0800. The lowest BCUT2D eigenvalue weighted by atomic mass is 9.68. The summed E-state index contributed by atoms with van der Waals surface area (Å²) in [5.74, 6) is 0. The van der Waals surface area contributed by atoms with E-state index in [0.717, 1.165) is 0 Å². The summed E-state index contributed by atoms with van der Waals surface area (Å²) in [6.45, 7) is 11.4. The van der Waals surface area contributed by atoms with Crippen LogP contribution in [0.3, 0.4) is 0 Å². The third-order valence-electron chi connectivity index (χ3n) is 2.72. The van der Waals surface area contributed by atoms with E-state index in [2.05, 4.69) is 0 Å². The van der Waals surface area contributed by atoms with Crippen molar-refractivity contribution in [2.24, 2.45) is 11.1 Å². The van der Waals surface area contributed by atoms with Gasteiger partial charge in [0.1, 0.15) is 0 Å². The van der Waals surface area contributed by atoms with Gasteiger partial charge in [-0.1, -0.05) is 20.8 Å². The molecule has 0 bridgehead atoms. The fourth-order valence-electron chi connectivity index (χ4n) is 0.967. The maximum atomic E-state index is 10.1. The van der Waals surface area contributed by atoms with Gasteiger partial charge in [-0.15, -0.1) is 0 Å². The Bertz CT molecular complexity index is 121. The van der Waals surface area contributed by atoms with Crippen molar-refractivity contribution >= 4 is 0 Å². The predicted molar refractivity (Wildman–Crippen MR) is 48.3 cm³/mol. The Morgan fingerprint density at radius 2 is 1.18 bits per heavy atom. The lowest BCUT2D eigenvalue weighted by Crippen LogP contribution is -2.61. The van der Waals surface area contributed by atoms with Gasteiger partial charge >= 0.3 is 0 Å². The average molecular weight is 159 g/mol. The molecule has 3 N–H and O–H groups in total. The molecule has 0 saturated heterocycles. The first kappa shape index (κ1) is 10.9. The van der Waals surface area contributed by atoms with Crippen molar-refractivity contribution in [3.63, 3.8) is 0 Å². The lowest BCUT2D eigenvalue weighted by molar-refractivity contribution is -0.0907. The van der Waals surface area contributed by atoms with Crippen molar-refractivity contribution in [2.45, 2.75) is 52.7 Å². The predicted octanol–water partition coefficient (Wildman–Crippen LogP) is 1.52. The molecule has 0 aromatic carbocycles. The average Bonchev–Trinajstić information content (AvgIpc) is 1.58. The molecule has 1 atom stereocenters. The zero-order chi connectivity index (χ0) is 9.50. The number of aliphatic hydroxyl groups is 1. The van der Waals surface area contributed by atoms with Crippen LogP contribution in [-0.4, -0.2) is 16.2 Å². The molecular weight excluding hydrogens is 138 g/mol. The van der Waals surface area contributed by atoms with Crippen LogP contribution >= 0.6 is 0 Å². The van der Waals surface area contributed by atoms with E-state index < -0.39 is 11.1 Å². The first-order chi connectivity index (χ1) is 4.50.